The van der Waals surface area contributed by atoms with Crippen LogP contribution in [-0.4, -0.2) is 24.9 Å². The largest absolute Gasteiger partial charge is 0.545 e. The van der Waals surface area contributed by atoms with Crippen molar-refractivity contribution in [1.29, 1.82) is 0 Å². The molecule has 0 aliphatic rings. The van der Waals surface area contributed by atoms with Crippen LogP contribution in [0.1, 0.15) is 10.4 Å². The lowest BCUT2D eigenvalue weighted by molar-refractivity contribution is -0.297. The van der Waals surface area contributed by atoms with Crippen LogP contribution in [0.25, 0.3) is 0 Å². The lowest BCUT2D eigenvalue weighted by atomic mass is 10.2. The summed E-state index contributed by atoms with van der Waals surface area (Å²) in [4.78, 5) is 33.9. The van der Waals surface area contributed by atoms with E-state index in [0.29, 0.717) is 28.8 Å². The minimum absolute atomic E-state index is 0.317. The Kier molecular flexibility index (Phi) is 5.89. The third-order valence-corrected chi connectivity index (χ3v) is 3.11. The maximum absolute atomic E-state index is 12.2. The van der Waals surface area contributed by atoms with Crippen LogP contribution in [0.4, 0.5) is 11.4 Å². The third-order valence-electron chi connectivity index (χ3n) is 3.11. The van der Waals surface area contributed by atoms with Crippen molar-refractivity contribution in [2.24, 2.45) is 0 Å². The van der Waals surface area contributed by atoms with Crippen LogP contribution in [0.3, 0.4) is 0 Å². The van der Waals surface area contributed by atoms with Gasteiger partial charge in [0.15, 0.2) is 0 Å². The van der Waals surface area contributed by atoms with E-state index in [1.807, 2.05) is 0 Å². The fourth-order valence-corrected chi connectivity index (χ4v) is 1.94. The number of carboxylic acids is 1. The first-order chi connectivity index (χ1) is 12.0. The second-order valence-electron chi connectivity index (χ2n) is 4.91. The Morgan fingerprint density at radius 1 is 0.960 bits per heavy atom. The molecular weight excluding hydrogens is 324 g/mol. The number of rotatable bonds is 6. The lowest BCUT2D eigenvalue weighted by Crippen LogP contribution is -2.20. The molecule has 2 N–H and O–H groups in total. The number of nitrogens with one attached hydrogen (secondary N) is 2. The molecule has 0 aromatic heterocycles. The number of carbonyl (C=O) groups is 3. The maximum Gasteiger partial charge on any atom is 0.255 e. The van der Waals surface area contributed by atoms with Crippen LogP contribution < -0.4 is 20.5 Å². The first-order valence-electron chi connectivity index (χ1n) is 7.23. The quantitative estimate of drug-likeness (QED) is 0.769. The Labute approximate surface area is 143 Å². The van der Waals surface area contributed by atoms with Crippen LogP contribution in [0.5, 0.6) is 5.75 Å². The molecule has 0 aliphatic heterocycles. The molecule has 0 radical (unpaired) electrons. The molecule has 0 unspecified atom stereocenters. The number of anilines is 2. The lowest BCUT2D eigenvalue weighted by Gasteiger charge is -2.08. The zero-order valence-electron chi connectivity index (χ0n) is 13.3. The number of carbonyl (C=O) groups excluding carboxylic acids is 3. The highest BCUT2D eigenvalue weighted by atomic mass is 16.5. The number of hydrogen-bond acceptors (Lipinski definition) is 5. The summed E-state index contributed by atoms with van der Waals surface area (Å²) < 4.78 is 5.09. The maximum atomic E-state index is 12.2. The van der Waals surface area contributed by atoms with Gasteiger partial charge in [0.05, 0.1) is 13.1 Å². The van der Waals surface area contributed by atoms with Crippen molar-refractivity contribution in [3.05, 3.63) is 66.2 Å². The second kappa shape index (κ2) is 8.30. The third kappa shape index (κ3) is 5.51. The topological polar surface area (TPSA) is 108 Å². The fourth-order valence-electron chi connectivity index (χ4n) is 1.94. The van der Waals surface area contributed by atoms with Gasteiger partial charge in [-0.2, -0.15) is 0 Å². The first kappa shape index (κ1) is 17.7. The molecule has 7 heteroatoms. The summed E-state index contributed by atoms with van der Waals surface area (Å²) in [5.74, 6) is -1.76. The van der Waals surface area contributed by atoms with Gasteiger partial charge in [-0.15, -0.1) is 0 Å². The molecule has 2 aromatic carbocycles. The summed E-state index contributed by atoms with van der Waals surface area (Å²) >= 11 is 0. The standard InChI is InChI=1S/C18H16N2O5/c1-25-15-4-2-3-14(11-15)20-18(24)12-5-7-13(8-6-12)19-16(21)9-10-17(22)23/h2-11H,1H3,(H,19,21)(H,20,24)(H,22,23)/p-1. The van der Waals surface area contributed by atoms with E-state index in [2.05, 4.69) is 10.6 Å². The molecule has 0 fully saturated rings. The van der Waals surface area contributed by atoms with Crippen LogP contribution in [0.2, 0.25) is 0 Å². The summed E-state index contributed by atoms with van der Waals surface area (Å²) in [6.45, 7) is 0. The zero-order valence-corrected chi connectivity index (χ0v) is 13.3. The molecule has 0 spiro atoms. The summed E-state index contributed by atoms with van der Waals surface area (Å²) in [6, 6.07) is 13.1. The normalized spacial score (nSPS) is 10.3. The van der Waals surface area contributed by atoms with E-state index < -0.39 is 11.9 Å². The van der Waals surface area contributed by atoms with Crippen molar-refractivity contribution in [3.8, 4) is 5.75 Å². The number of methoxy groups -OCH3 is 1. The predicted molar refractivity (Wildman–Crippen MR) is 90.2 cm³/mol. The van der Waals surface area contributed by atoms with Crippen molar-refractivity contribution in [2.75, 3.05) is 17.7 Å². The van der Waals surface area contributed by atoms with Gasteiger partial charge in [0.2, 0.25) is 5.91 Å². The number of aliphatic carboxylic acids is 1. The van der Waals surface area contributed by atoms with Gasteiger partial charge in [0.1, 0.15) is 5.75 Å². The van der Waals surface area contributed by atoms with Gasteiger partial charge in [-0.3, -0.25) is 9.59 Å². The van der Waals surface area contributed by atoms with Gasteiger partial charge in [-0.05, 0) is 42.5 Å². The molecule has 0 saturated carbocycles. The average molecular weight is 339 g/mol. The second-order valence-corrected chi connectivity index (χ2v) is 4.91. The molecule has 2 rings (SSSR count). The Morgan fingerprint density at radius 3 is 2.32 bits per heavy atom. The van der Waals surface area contributed by atoms with Gasteiger partial charge in [0, 0.05) is 29.1 Å². The molecule has 0 heterocycles. The molecule has 0 bridgehead atoms. The molecule has 7 nitrogen and oxygen atoms in total. The Bertz CT molecular complexity index is 812. The first-order valence-corrected chi connectivity index (χ1v) is 7.23. The highest BCUT2D eigenvalue weighted by molar-refractivity contribution is 6.05. The average Bonchev–Trinajstić information content (AvgIpc) is 2.60. The van der Waals surface area contributed by atoms with Gasteiger partial charge in [0.25, 0.3) is 5.91 Å². The van der Waals surface area contributed by atoms with Crippen molar-refractivity contribution < 1.29 is 24.2 Å². The van der Waals surface area contributed by atoms with Gasteiger partial charge >= 0.3 is 0 Å². The summed E-state index contributed by atoms with van der Waals surface area (Å²) in [6.07, 6.45) is 1.48. The highest BCUT2D eigenvalue weighted by Gasteiger charge is 2.07. The molecule has 0 atom stereocenters. The van der Waals surface area contributed by atoms with E-state index in [1.165, 1.54) is 31.4 Å². The van der Waals surface area contributed by atoms with Crippen molar-refractivity contribution in [1.82, 2.24) is 0 Å². The Balaban J connectivity index is 2.00. The molecule has 128 valence electrons. The van der Waals surface area contributed by atoms with E-state index in [4.69, 9.17) is 4.74 Å². The van der Waals surface area contributed by atoms with E-state index in [0.717, 1.165) is 6.08 Å². The van der Waals surface area contributed by atoms with E-state index >= 15 is 0 Å². The van der Waals surface area contributed by atoms with Crippen LogP contribution in [-0.2, 0) is 9.59 Å². The number of benzene rings is 2. The van der Waals surface area contributed by atoms with Crippen molar-refractivity contribution in [2.45, 2.75) is 0 Å². The van der Waals surface area contributed by atoms with Crippen molar-refractivity contribution in [3.63, 3.8) is 0 Å². The number of hydrogen-bond donors (Lipinski definition) is 2. The van der Waals surface area contributed by atoms with Gasteiger partial charge < -0.3 is 25.3 Å². The Hall–Kier alpha value is -3.61. The van der Waals surface area contributed by atoms with Gasteiger partial charge in [-0.1, -0.05) is 6.07 Å². The van der Waals surface area contributed by atoms with E-state index in [1.54, 1.807) is 24.3 Å². The number of ether oxygens (including phenoxy) is 1. The molecule has 2 amide bonds. The summed E-state index contributed by atoms with van der Waals surface area (Å²) in [7, 11) is 1.54. The minimum atomic E-state index is -1.46. The van der Waals surface area contributed by atoms with E-state index in [9.17, 15) is 19.5 Å². The molecule has 0 saturated heterocycles. The van der Waals surface area contributed by atoms with Gasteiger partial charge in [-0.25, -0.2) is 0 Å². The molecule has 25 heavy (non-hydrogen) atoms. The van der Waals surface area contributed by atoms with Crippen molar-refractivity contribution >= 4 is 29.2 Å². The SMILES string of the molecule is COc1cccc(NC(=O)c2ccc(NC(=O)C=CC(=O)[O-])cc2)c1. The number of amides is 2. The summed E-state index contributed by atoms with van der Waals surface area (Å²) in [5.41, 5.74) is 1.41. The highest BCUT2D eigenvalue weighted by Crippen LogP contribution is 2.18. The van der Waals surface area contributed by atoms with E-state index in [-0.39, 0.29) is 5.91 Å². The molecule has 0 aliphatic carbocycles. The number of carboxylic acid groups (broad SMARTS) is 1. The molecular formula is C18H15N2O5-. The predicted octanol–water partition coefficient (Wildman–Crippen LogP) is 1.19. The van der Waals surface area contributed by atoms with Crippen LogP contribution in [0.15, 0.2) is 60.7 Å². The van der Waals surface area contributed by atoms with Crippen LogP contribution >= 0.6 is 0 Å². The molecule has 2 aromatic rings. The minimum Gasteiger partial charge on any atom is -0.545 e. The summed E-state index contributed by atoms with van der Waals surface area (Å²) in [5, 5.41) is 15.4. The zero-order chi connectivity index (χ0) is 18.2. The van der Waals surface area contributed by atoms with Crippen LogP contribution in [0, 0.1) is 0 Å². The smallest absolute Gasteiger partial charge is 0.255 e. The fraction of sp³-hybridized carbons (Fsp3) is 0.0556. The monoisotopic (exact) mass is 339 g/mol. The Morgan fingerprint density at radius 2 is 1.68 bits per heavy atom.